The Kier molecular flexibility index (Phi) is 6.13. The molecule has 10 heteroatoms. The van der Waals surface area contributed by atoms with Crippen LogP contribution in [0, 0.1) is 12.8 Å². The van der Waals surface area contributed by atoms with E-state index in [1.165, 1.54) is 35.3 Å². The second kappa shape index (κ2) is 8.54. The van der Waals surface area contributed by atoms with Crippen molar-refractivity contribution in [2.45, 2.75) is 57.3 Å². The SMILES string of the molecule is Cc1cnn(CC2CC2)c1NC(=O)c1ccc(Cl)c(S(=O)(=O)N2CC(C)OC(C)C2)c1. The number of benzene rings is 1. The maximum atomic E-state index is 13.3. The Morgan fingerprint density at radius 3 is 2.58 bits per heavy atom. The molecule has 2 aromatic rings. The Labute approximate surface area is 187 Å². The highest BCUT2D eigenvalue weighted by atomic mass is 35.5. The van der Waals surface area contributed by atoms with Crippen LogP contribution < -0.4 is 5.32 Å². The van der Waals surface area contributed by atoms with Gasteiger partial charge in [-0.3, -0.25) is 4.79 Å². The van der Waals surface area contributed by atoms with Gasteiger partial charge in [0.25, 0.3) is 5.91 Å². The fraction of sp³-hybridized carbons (Fsp3) is 0.524. The number of sulfonamides is 1. The van der Waals surface area contributed by atoms with Crippen molar-refractivity contribution in [3.63, 3.8) is 0 Å². The fourth-order valence-electron chi connectivity index (χ4n) is 3.81. The van der Waals surface area contributed by atoms with Crippen LogP contribution >= 0.6 is 11.6 Å². The second-order valence-corrected chi connectivity index (χ2v) is 10.8. The van der Waals surface area contributed by atoms with Crippen molar-refractivity contribution < 1.29 is 17.9 Å². The number of aromatic nitrogens is 2. The third-order valence-corrected chi connectivity index (χ3v) is 7.89. The molecule has 168 valence electrons. The molecule has 1 aliphatic heterocycles. The number of rotatable bonds is 6. The van der Waals surface area contributed by atoms with E-state index in [0.29, 0.717) is 11.7 Å². The predicted molar refractivity (Wildman–Crippen MR) is 118 cm³/mol. The minimum atomic E-state index is -3.88. The Balaban J connectivity index is 1.59. The summed E-state index contributed by atoms with van der Waals surface area (Å²) in [5.74, 6) is 0.824. The van der Waals surface area contributed by atoms with Crippen LogP contribution in [0.3, 0.4) is 0 Å². The van der Waals surface area contributed by atoms with Gasteiger partial charge in [-0.2, -0.15) is 9.40 Å². The average molecular weight is 467 g/mol. The van der Waals surface area contributed by atoms with Crippen molar-refractivity contribution in [2.75, 3.05) is 18.4 Å². The van der Waals surface area contributed by atoms with Gasteiger partial charge in [-0.1, -0.05) is 11.6 Å². The highest BCUT2D eigenvalue weighted by Crippen LogP contribution is 2.32. The number of hydrogen-bond acceptors (Lipinski definition) is 5. The first kappa shape index (κ1) is 22.3. The second-order valence-electron chi connectivity index (χ2n) is 8.48. The monoisotopic (exact) mass is 466 g/mol. The lowest BCUT2D eigenvalue weighted by atomic mass is 10.2. The van der Waals surface area contributed by atoms with Crippen molar-refractivity contribution in [3.05, 3.63) is 40.5 Å². The van der Waals surface area contributed by atoms with Gasteiger partial charge in [0.2, 0.25) is 10.0 Å². The zero-order chi connectivity index (χ0) is 22.3. The van der Waals surface area contributed by atoms with Crippen LogP contribution in [0.25, 0.3) is 0 Å². The predicted octanol–water partition coefficient (Wildman–Crippen LogP) is 3.31. The first-order valence-corrected chi connectivity index (χ1v) is 12.3. The lowest BCUT2D eigenvalue weighted by Crippen LogP contribution is -2.48. The van der Waals surface area contributed by atoms with Gasteiger partial charge < -0.3 is 10.1 Å². The first-order chi connectivity index (χ1) is 14.6. The molecule has 2 unspecified atom stereocenters. The van der Waals surface area contributed by atoms with E-state index in [9.17, 15) is 13.2 Å². The molecule has 0 radical (unpaired) electrons. The van der Waals surface area contributed by atoms with Gasteiger partial charge in [0.15, 0.2) is 0 Å². The number of anilines is 1. The van der Waals surface area contributed by atoms with Crippen LogP contribution in [-0.2, 0) is 21.3 Å². The number of nitrogens with zero attached hydrogens (tertiary/aromatic N) is 3. The van der Waals surface area contributed by atoms with E-state index in [-0.39, 0.29) is 40.8 Å². The molecule has 4 rings (SSSR count). The average Bonchev–Trinajstić information content (AvgIpc) is 3.46. The van der Waals surface area contributed by atoms with Gasteiger partial charge in [-0.15, -0.1) is 0 Å². The third-order valence-electron chi connectivity index (χ3n) is 5.58. The summed E-state index contributed by atoms with van der Waals surface area (Å²) >= 11 is 6.25. The summed E-state index contributed by atoms with van der Waals surface area (Å²) in [5.41, 5.74) is 1.07. The van der Waals surface area contributed by atoms with E-state index in [1.54, 1.807) is 10.9 Å². The summed E-state index contributed by atoms with van der Waals surface area (Å²) in [4.78, 5) is 12.9. The number of ether oxygens (including phenoxy) is 1. The highest BCUT2D eigenvalue weighted by molar-refractivity contribution is 7.89. The molecule has 2 atom stereocenters. The maximum Gasteiger partial charge on any atom is 0.256 e. The molecule has 1 aromatic heterocycles. The normalized spacial score (nSPS) is 22.5. The molecule has 1 N–H and O–H groups in total. The Hall–Kier alpha value is -1.94. The number of carbonyl (C=O) groups excluding carboxylic acids is 1. The van der Waals surface area contributed by atoms with E-state index in [2.05, 4.69) is 10.4 Å². The Morgan fingerprint density at radius 1 is 1.26 bits per heavy atom. The standard InChI is InChI=1S/C21H27ClN4O4S/c1-13-9-23-26(12-16-4-5-16)20(13)24-21(27)17-6-7-18(22)19(8-17)31(28,29)25-10-14(2)30-15(3)11-25/h6-9,14-16H,4-5,10-12H2,1-3H3,(H,24,27). The molecule has 1 aliphatic carbocycles. The summed E-state index contributed by atoms with van der Waals surface area (Å²) in [5, 5.41) is 7.33. The van der Waals surface area contributed by atoms with E-state index < -0.39 is 15.9 Å². The molecule has 2 heterocycles. The van der Waals surface area contributed by atoms with Crippen LogP contribution in [0.15, 0.2) is 29.3 Å². The third kappa shape index (κ3) is 4.79. The zero-order valence-electron chi connectivity index (χ0n) is 17.8. The van der Waals surface area contributed by atoms with Crippen LogP contribution in [0.1, 0.15) is 42.6 Å². The summed E-state index contributed by atoms with van der Waals surface area (Å²) in [7, 11) is -3.88. The van der Waals surface area contributed by atoms with Gasteiger partial charge in [0.1, 0.15) is 10.7 Å². The molecule has 2 aliphatic rings. The van der Waals surface area contributed by atoms with Crippen LogP contribution in [0.5, 0.6) is 0 Å². The fourth-order valence-corrected chi connectivity index (χ4v) is 5.90. The van der Waals surface area contributed by atoms with Crippen molar-refractivity contribution in [3.8, 4) is 0 Å². The molecule has 0 bridgehead atoms. The van der Waals surface area contributed by atoms with Crippen molar-refractivity contribution in [2.24, 2.45) is 5.92 Å². The molecule has 8 nitrogen and oxygen atoms in total. The molecule has 1 saturated carbocycles. The Morgan fingerprint density at radius 2 is 1.94 bits per heavy atom. The maximum absolute atomic E-state index is 13.3. The van der Waals surface area contributed by atoms with E-state index in [4.69, 9.17) is 16.3 Å². The molecule has 31 heavy (non-hydrogen) atoms. The van der Waals surface area contributed by atoms with Gasteiger partial charge in [0, 0.05) is 30.8 Å². The summed E-state index contributed by atoms with van der Waals surface area (Å²) in [6, 6.07) is 4.32. The molecule has 1 aromatic carbocycles. The summed E-state index contributed by atoms with van der Waals surface area (Å²) in [6.45, 7) is 6.77. The van der Waals surface area contributed by atoms with Gasteiger partial charge in [-0.25, -0.2) is 13.1 Å². The zero-order valence-corrected chi connectivity index (χ0v) is 19.4. The minimum Gasteiger partial charge on any atom is -0.373 e. The van der Waals surface area contributed by atoms with Crippen molar-refractivity contribution in [1.82, 2.24) is 14.1 Å². The number of halogens is 1. The quantitative estimate of drug-likeness (QED) is 0.704. The largest absolute Gasteiger partial charge is 0.373 e. The van der Waals surface area contributed by atoms with E-state index >= 15 is 0 Å². The molecule has 1 saturated heterocycles. The molecular weight excluding hydrogens is 440 g/mol. The van der Waals surface area contributed by atoms with Crippen LogP contribution in [0.2, 0.25) is 5.02 Å². The first-order valence-electron chi connectivity index (χ1n) is 10.4. The molecular formula is C21H27ClN4O4S. The van der Waals surface area contributed by atoms with Crippen molar-refractivity contribution >= 4 is 33.3 Å². The van der Waals surface area contributed by atoms with Crippen LogP contribution in [-0.4, -0.2) is 53.7 Å². The molecule has 2 fully saturated rings. The minimum absolute atomic E-state index is 0.0775. The van der Waals surface area contributed by atoms with Crippen molar-refractivity contribution in [1.29, 1.82) is 0 Å². The lowest BCUT2D eigenvalue weighted by Gasteiger charge is -2.34. The number of morpholine rings is 1. The number of hydrogen-bond donors (Lipinski definition) is 1. The summed E-state index contributed by atoms with van der Waals surface area (Å²) < 4.78 is 35.3. The van der Waals surface area contributed by atoms with E-state index in [1.807, 2.05) is 20.8 Å². The molecule has 0 spiro atoms. The smallest absolute Gasteiger partial charge is 0.256 e. The van der Waals surface area contributed by atoms with Gasteiger partial charge in [-0.05, 0) is 57.7 Å². The Bertz CT molecular complexity index is 1090. The van der Waals surface area contributed by atoms with Crippen LogP contribution in [0.4, 0.5) is 5.82 Å². The van der Waals surface area contributed by atoms with Gasteiger partial charge >= 0.3 is 0 Å². The molecule has 1 amide bonds. The lowest BCUT2D eigenvalue weighted by molar-refractivity contribution is -0.0440. The topological polar surface area (TPSA) is 93.5 Å². The highest BCUT2D eigenvalue weighted by Gasteiger charge is 2.34. The number of amides is 1. The van der Waals surface area contributed by atoms with E-state index in [0.717, 1.165) is 12.1 Å². The number of aryl methyl sites for hydroxylation is 1. The number of carbonyl (C=O) groups is 1. The summed E-state index contributed by atoms with van der Waals surface area (Å²) in [6.07, 6.45) is 3.61. The van der Waals surface area contributed by atoms with Gasteiger partial charge in [0.05, 0.1) is 23.4 Å². The number of nitrogens with one attached hydrogen (secondary N) is 1.